The molecule has 2 heterocycles. The van der Waals surface area contributed by atoms with Gasteiger partial charge in [0.25, 0.3) is 11.1 Å². The van der Waals surface area contributed by atoms with Crippen LogP contribution >= 0.6 is 0 Å². The molecule has 0 aromatic carbocycles. The van der Waals surface area contributed by atoms with Gasteiger partial charge in [-0.05, 0) is 36.0 Å². The Balaban J connectivity index is 1.73. The Kier molecular flexibility index (Phi) is 8.03. The van der Waals surface area contributed by atoms with E-state index < -0.39 is 0 Å². The molecule has 0 saturated heterocycles. The zero-order chi connectivity index (χ0) is 23.2. The monoisotopic (exact) mass is 434 g/mol. The lowest BCUT2D eigenvalue weighted by Gasteiger charge is -2.30. The second-order valence-electron chi connectivity index (χ2n) is 9.94. The molecule has 0 amide bonds. The number of H-pyrrole nitrogens is 2. The highest BCUT2D eigenvalue weighted by Gasteiger charge is 2.30. The summed E-state index contributed by atoms with van der Waals surface area (Å²) >= 11 is 0. The number of ketones is 2. The van der Waals surface area contributed by atoms with Crippen molar-refractivity contribution in [3.8, 4) is 0 Å². The molecule has 2 aromatic rings. The summed E-state index contributed by atoms with van der Waals surface area (Å²) in [5.41, 5.74) is 0.194. The first-order valence-electron chi connectivity index (χ1n) is 10.8. The van der Waals surface area contributed by atoms with Crippen LogP contribution in [0.1, 0.15) is 90.2 Å². The molecule has 8 nitrogen and oxygen atoms in total. The van der Waals surface area contributed by atoms with E-state index in [4.69, 9.17) is 9.05 Å². The molecule has 0 spiro atoms. The molecule has 1 unspecified atom stereocenters. The highest BCUT2D eigenvalue weighted by Crippen LogP contribution is 2.38. The zero-order valence-electron chi connectivity index (χ0n) is 19.1. The number of rotatable bonds is 13. The van der Waals surface area contributed by atoms with Crippen molar-refractivity contribution in [2.45, 2.75) is 85.5 Å². The van der Waals surface area contributed by atoms with Gasteiger partial charge in [-0.3, -0.25) is 19.2 Å². The first-order valence-corrected chi connectivity index (χ1v) is 10.8. The Bertz CT molecular complexity index is 988. The molecular weight excluding hydrogens is 400 g/mol. The molecule has 0 aliphatic heterocycles. The first kappa shape index (κ1) is 24.6. The standard InChI is InChI=1S/C23H34N2O6/c1-15(19-14-31-25-21(19)29)23(4,5)11-9-18(27)7-6-17(26)8-10-22(2,3)12-16-13-30-24-20(16)28/h13-15H,6-12H2,1-5H3,(H,24,28)(H,25,29). The maximum atomic E-state index is 12.3. The molecule has 2 aromatic heterocycles. The fourth-order valence-electron chi connectivity index (χ4n) is 3.66. The van der Waals surface area contributed by atoms with Gasteiger partial charge in [0, 0.05) is 25.7 Å². The second kappa shape index (κ2) is 10.1. The van der Waals surface area contributed by atoms with Crippen LogP contribution in [0.25, 0.3) is 0 Å². The molecule has 0 saturated carbocycles. The molecule has 1 atom stereocenters. The minimum Gasteiger partial charge on any atom is -0.387 e. The van der Waals surface area contributed by atoms with E-state index in [-0.39, 0.29) is 52.3 Å². The maximum absolute atomic E-state index is 12.3. The van der Waals surface area contributed by atoms with E-state index >= 15 is 0 Å². The zero-order valence-corrected chi connectivity index (χ0v) is 19.1. The van der Waals surface area contributed by atoms with Gasteiger partial charge in [-0.25, -0.2) is 0 Å². The van der Waals surface area contributed by atoms with Crippen molar-refractivity contribution in [3.63, 3.8) is 0 Å². The number of aromatic nitrogens is 2. The Hall–Kier alpha value is -2.64. The van der Waals surface area contributed by atoms with Gasteiger partial charge in [0.05, 0.1) is 11.1 Å². The van der Waals surface area contributed by atoms with E-state index in [1.54, 1.807) is 0 Å². The molecule has 8 heteroatoms. The van der Waals surface area contributed by atoms with E-state index in [0.29, 0.717) is 43.2 Å². The Morgan fingerprint density at radius 2 is 1.42 bits per heavy atom. The minimum absolute atomic E-state index is 0.0546. The lowest BCUT2D eigenvalue weighted by atomic mass is 9.73. The van der Waals surface area contributed by atoms with Crippen LogP contribution in [0.15, 0.2) is 31.2 Å². The third-order valence-corrected chi connectivity index (χ3v) is 6.36. The van der Waals surface area contributed by atoms with E-state index in [2.05, 4.69) is 10.3 Å². The summed E-state index contributed by atoms with van der Waals surface area (Å²) in [6, 6.07) is 0. The van der Waals surface area contributed by atoms with Crippen LogP contribution in [0.2, 0.25) is 0 Å². The predicted octanol–water partition coefficient (Wildman–Crippen LogP) is 4.13. The SMILES string of the molecule is CC(c1co[nH]c1=O)C(C)(C)CCC(=O)CCC(=O)CCC(C)(C)Cc1co[nH]c1=O. The summed E-state index contributed by atoms with van der Waals surface area (Å²) in [6.07, 6.45) is 5.84. The van der Waals surface area contributed by atoms with Crippen molar-refractivity contribution in [3.05, 3.63) is 44.4 Å². The summed E-state index contributed by atoms with van der Waals surface area (Å²) < 4.78 is 9.68. The molecule has 2 N–H and O–H groups in total. The van der Waals surface area contributed by atoms with Gasteiger partial charge in [0.2, 0.25) is 0 Å². The summed E-state index contributed by atoms with van der Waals surface area (Å²) in [7, 11) is 0. The van der Waals surface area contributed by atoms with Crippen LogP contribution < -0.4 is 11.1 Å². The predicted molar refractivity (Wildman–Crippen MR) is 116 cm³/mol. The molecule has 0 aliphatic rings. The Labute approximate surface area is 181 Å². The fraction of sp³-hybridized carbons (Fsp3) is 0.652. The first-order chi connectivity index (χ1) is 14.4. The van der Waals surface area contributed by atoms with Crippen LogP contribution in [-0.2, 0) is 16.0 Å². The lowest BCUT2D eigenvalue weighted by molar-refractivity contribution is -0.124. The molecule has 172 valence electrons. The summed E-state index contributed by atoms with van der Waals surface area (Å²) in [5.74, 6) is 0.0492. The molecule has 0 radical (unpaired) electrons. The number of nitrogens with one attached hydrogen (secondary N) is 2. The Morgan fingerprint density at radius 1 is 0.871 bits per heavy atom. The van der Waals surface area contributed by atoms with Gasteiger partial charge in [-0.2, -0.15) is 10.3 Å². The number of aromatic amines is 2. The summed E-state index contributed by atoms with van der Waals surface area (Å²) in [6.45, 7) is 10.0. The van der Waals surface area contributed by atoms with Crippen molar-refractivity contribution in [2.24, 2.45) is 10.8 Å². The van der Waals surface area contributed by atoms with Gasteiger partial charge in [-0.15, -0.1) is 0 Å². The van der Waals surface area contributed by atoms with Crippen LogP contribution in [-0.4, -0.2) is 21.9 Å². The largest absolute Gasteiger partial charge is 0.387 e. The van der Waals surface area contributed by atoms with Crippen LogP contribution in [0, 0.1) is 10.8 Å². The normalized spacial score (nSPS) is 13.3. The highest BCUT2D eigenvalue weighted by atomic mass is 16.5. The molecule has 0 bridgehead atoms. The molecule has 31 heavy (non-hydrogen) atoms. The van der Waals surface area contributed by atoms with Gasteiger partial charge in [0.1, 0.15) is 24.1 Å². The van der Waals surface area contributed by atoms with Crippen LogP contribution in [0.5, 0.6) is 0 Å². The quantitative estimate of drug-likeness (QED) is 0.488. The average Bonchev–Trinajstić information content (AvgIpc) is 3.30. The number of hydrogen-bond acceptors (Lipinski definition) is 6. The third kappa shape index (κ3) is 7.22. The third-order valence-electron chi connectivity index (χ3n) is 6.36. The van der Waals surface area contributed by atoms with Crippen LogP contribution in [0.3, 0.4) is 0 Å². The fourth-order valence-corrected chi connectivity index (χ4v) is 3.66. The molecular formula is C23H34N2O6. The minimum atomic E-state index is -0.258. The number of carbonyl (C=O) groups is 2. The number of Topliss-reactive ketones (excluding diaryl/α,β-unsaturated/α-hetero) is 2. The maximum Gasteiger partial charge on any atom is 0.283 e. The van der Waals surface area contributed by atoms with Crippen molar-refractivity contribution < 1.29 is 18.6 Å². The molecule has 0 aliphatic carbocycles. The van der Waals surface area contributed by atoms with E-state index in [9.17, 15) is 19.2 Å². The number of hydrogen-bond donors (Lipinski definition) is 2. The topological polar surface area (TPSA) is 126 Å². The van der Waals surface area contributed by atoms with E-state index in [1.165, 1.54) is 12.5 Å². The average molecular weight is 435 g/mol. The number of carbonyl (C=O) groups excluding carboxylic acids is 2. The van der Waals surface area contributed by atoms with Gasteiger partial charge >= 0.3 is 0 Å². The van der Waals surface area contributed by atoms with Crippen molar-refractivity contribution in [1.29, 1.82) is 0 Å². The Morgan fingerprint density at radius 3 is 1.94 bits per heavy atom. The second-order valence-corrected chi connectivity index (χ2v) is 9.94. The van der Waals surface area contributed by atoms with Crippen molar-refractivity contribution in [1.82, 2.24) is 10.3 Å². The molecule has 0 fully saturated rings. The summed E-state index contributed by atoms with van der Waals surface area (Å²) in [4.78, 5) is 48.0. The smallest absolute Gasteiger partial charge is 0.283 e. The lowest BCUT2D eigenvalue weighted by Crippen LogP contribution is -2.25. The molecule has 2 rings (SSSR count). The van der Waals surface area contributed by atoms with Gasteiger partial charge in [0.15, 0.2) is 0 Å². The van der Waals surface area contributed by atoms with Gasteiger partial charge < -0.3 is 9.05 Å². The van der Waals surface area contributed by atoms with Gasteiger partial charge in [-0.1, -0.05) is 34.6 Å². The summed E-state index contributed by atoms with van der Waals surface area (Å²) in [5, 5.41) is 4.57. The highest BCUT2D eigenvalue weighted by molar-refractivity contribution is 5.86. The van der Waals surface area contributed by atoms with Crippen LogP contribution in [0.4, 0.5) is 0 Å². The van der Waals surface area contributed by atoms with E-state index in [1.807, 2.05) is 34.6 Å². The van der Waals surface area contributed by atoms with E-state index in [0.717, 1.165) is 0 Å². The van der Waals surface area contributed by atoms with Crippen molar-refractivity contribution in [2.75, 3.05) is 0 Å². The van der Waals surface area contributed by atoms with Crippen molar-refractivity contribution >= 4 is 11.6 Å².